The quantitative estimate of drug-likeness (QED) is 0.217. The summed E-state index contributed by atoms with van der Waals surface area (Å²) in [5.41, 5.74) is -2.94. The van der Waals surface area contributed by atoms with E-state index < -0.39 is 11.4 Å². The molecule has 0 saturated heterocycles. The summed E-state index contributed by atoms with van der Waals surface area (Å²) in [5.74, 6) is 0.368. The summed E-state index contributed by atoms with van der Waals surface area (Å²) in [6, 6.07) is 14.0. The van der Waals surface area contributed by atoms with Gasteiger partial charge in [-0.3, -0.25) is 4.79 Å². The second-order valence-electron chi connectivity index (χ2n) is 6.34. The normalized spacial score (nSPS) is 11.3. The predicted octanol–water partition coefficient (Wildman–Crippen LogP) is 7.57. The molecule has 0 radical (unpaired) electrons. The van der Waals surface area contributed by atoms with Crippen LogP contribution < -0.4 is 10.1 Å². The maximum absolute atomic E-state index is 12.6. The number of rotatable bonds is 5. The number of benzene rings is 3. The molecule has 3 aromatic rings. The minimum atomic E-state index is -4.34. The number of halogens is 5. The van der Waals surface area contributed by atoms with Crippen molar-refractivity contribution in [3.05, 3.63) is 72.9 Å². The number of carbonyl (C=O) groups excluding carboxylic acids is 1. The lowest BCUT2D eigenvalue weighted by Gasteiger charge is -2.13. The second kappa shape index (κ2) is 9.86. The van der Waals surface area contributed by atoms with Crippen LogP contribution in [-0.2, 0) is 0 Å². The van der Waals surface area contributed by atoms with Gasteiger partial charge in [0.05, 0.1) is 9.13 Å². The standard InChI is InChI=1S/C21H14F3I2NO3S/c1-11-8-13(27-20(29)16-9-12(25)10-17(26)19(16)28)2-7-18(11)30-14-3-5-15(6-4-14)31-21(22,23)24/h2-10,28H,1H3,(H,27,29). The Labute approximate surface area is 207 Å². The number of ether oxygens (including phenoxy) is 1. The van der Waals surface area contributed by atoms with E-state index in [1.807, 2.05) is 22.6 Å². The van der Waals surface area contributed by atoms with Gasteiger partial charge in [0.25, 0.3) is 5.91 Å². The molecule has 2 N–H and O–H groups in total. The molecule has 0 unspecified atom stereocenters. The Hall–Kier alpha value is -1.67. The molecular weight excluding hydrogens is 657 g/mol. The average Bonchev–Trinajstić information content (AvgIpc) is 2.67. The molecule has 3 aromatic carbocycles. The van der Waals surface area contributed by atoms with Gasteiger partial charge in [-0.15, -0.1) is 0 Å². The first kappa shape index (κ1) is 24.0. The van der Waals surface area contributed by atoms with Crippen molar-refractivity contribution in [2.75, 3.05) is 5.32 Å². The molecule has 1 amide bonds. The summed E-state index contributed by atoms with van der Waals surface area (Å²) >= 11 is 3.84. The SMILES string of the molecule is Cc1cc(NC(=O)c2cc(I)cc(I)c2O)ccc1Oc1ccc(SC(F)(F)F)cc1. The zero-order valence-electron chi connectivity index (χ0n) is 15.8. The van der Waals surface area contributed by atoms with Crippen LogP contribution in [0.5, 0.6) is 17.2 Å². The van der Waals surface area contributed by atoms with Crippen LogP contribution in [0.1, 0.15) is 15.9 Å². The van der Waals surface area contributed by atoms with Crippen LogP contribution in [0.4, 0.5) is 18.9 Å². The molecule has 31 heavy (non-hydrogen) atoms. The highest BCUT2D eigenvalue weighted by atomic mass is 127. The molecule has 162 valence electrons. The number of aryl methyl sites for hydroxylation is 1. The lowest BCUT2D eigenvalue weighted by Crippen LogP contribution is -2.13. The molecule has 0 aromatic heterocycles. The van der Waals surface area contributed by atoms with Crippen LogP contribution in [0.2, 0.25) is 0 Å². The van der Waals surface area contributed by atoms with Gasteiger partial charge in [0.2, 0.25) is 0 Å². The van der Waals surface area contributed by atoms with Crippen molar-refractivity contribution in [2.24, 2.45) is 0 Å². The summed E-state index contributed by atoms with van der Waals surface area (Å²) in [4.78, 5) is 12.6. The molecule has 4 nitrogen and oxygen atoms in total. The van der Waals surface area contributed by atoms with E-state index in [2.05, 4.69) is 27.9 Å². The highest BCUT2D eigenvalue weighted by Crippen LogP contribution is 2.38. The molecule has 0 fully saturated rings. The van der Waals surface area contributed by atoms with Crippen LogP contribution >= 0.6 is 56.9 Å². The number of phenols is 1. The van der Waals surface area contributed by atoms with Gasteiger partial charge in [-0.25, -0.2) is 0 Å². The van der Waals surface area contributed by atoms with Crippen molar-refractivity contribution in [3.63, 3.8) is 0 Å². The first-order valence-electron chi connectivity index (χ1n) is 8.65. The van der Waals surface area contributed by atoms with Crippen molar-refractivity contribution in [1.82, 2.24) is 0 Å². The zero-order valence-corrected chi connectivity index (χ0v) is 20.9. The van der Waals surface area contributed by atoms with E-state index in [0.29, 0.717) is 26.3 Å². The summed E-state index contributed by atoms with van der Waals surface area (Å²) in [6.45, 7) is 1.78. The third-order valence-electron chi connectivity index (χ3n) is 3.99. The van der Waals surface area contributed by atoms with E-state index in [0.717, 1.165) is 3.57 Å². The second-order valence-corrected chi connectivity index (χ2v) is 9.89. The van der Waals surface area contributed by atoms with E-state index >= 15 is 0 Å². The molecule has 0 spiro atoms. The van der Waals surface area contributed by atoms with E-state index in [1.54, 1.807) is 37.3 Å². The van der Waals surface area contributed by atoms with Crippen molar-refractivity contribution >= 4 is 68.5 Å². The molecule has 10 heteroatoms. The Balaban J connectivity index is 1.71. The number of amides is 1. The summed E-state index contributed by atoms with van der Waals surface area (Å²) in [6.07, 6.45) is 0. The number of hydrogen-bond acceptors (Lipinski definition) is 4. The molecule has 3 rings (SSSR count). The Morgan fingerprint density at radius 1 is 1.06 bits per heavy atom. The van der Waals surface area contributed by atoms with Crippen molar-refractivity contribution in [1.29, 1.82) is 0 Å². The van der Waals surface area contributed by atoms with Crippen LogP contribution in [0.25, 0.3) is 0 Å². The number of phenolic OH excluding ortho intramolecular Hbond substituents is 1. The van der Waals surface area contributed by atoms with E-state index in [1.165, 1.54) is 24.3 Å². The smallest absolute Gasteiger partial charge is 0.446 e. The van der Waals surface area contributed by atoms with Crippen molar-refractivity contribution < 1.29 is 27.8 Å². The Bertz CT molecular complexity index is 1120. The molecule has 0 saturated carbocycles. The summed E-state index contributed by atoms with van der Waals surface area (Å²) in [5, 5.41) is 12.9. The largest absolute Gasteiger partial charge is 0.506 e. The monoisotopic (exact) mass is 671 g/mol. The third kappa shape index (κ3) is 6.65. The van der Waals surface area contributed by atoms with Crippen LogP contribution in [0, 0.1) is 14.1 Å². The minimum Gasteiger partial charge on any atom is -0.506 e. The molecule has 0 heterocycles. The van der Waals surface area contributed by atoms with Gasteiger partial charge in [0.15, 0.2) is 0 Å². The van der Waals surface area contributed by atoms with Crippen LogP contribution in [0.3, 0.4) is 0 Å². The van der Waals surface area contributed by atoms with Gasteiger partial charge in [0.1, 0.15) is 17.2 Å². The fraction of sp³-hybridized carbons (Fsp3) is 0.0952. The Kier molecular flexibility index (Phi) is 7.63. The predicted molar refractivity (Wildman–Crippen MR) is 131 cm³/mol. The fourth-order valence-corrected chi connectivity index (χ4v) is 5.00. The molecule has 0 aliphatic rings. The maximum atomic E-state index is 12.6. The molecule has 0 bridgehead atoms. The lowest BCUT2D eigenvalue weighted by molar-refractivity contribution is -0.0328. The third-order valence-corrected chi connectivity index (χ3v) is 6.18. The maximum Gasteiger partial charge on any atom is 0.446 e. The van der Waals surface area contributed by atoms with Crippen molar-refractivity contribution in [2.45, 2.75) is 17.3 Å². The van der Waals surface area contributed by atoms with E-state index in [9.17, 15) is 23.1 Å². The Morgan fingerprint density at radius 2 is 1.74 bits per heavy atom. The first-order chi connectivity index (χ1) is 14.5. The first-order valence-corrected chi connectivity index (χ1v) is 11.6. The molecule has 0 aliphatic carbocycles. The average molecular weight is 671 g/mol. The number of hydrogen-bond donors (Lipinski definition) is 2. The molecule has 0 atom stereocenters. The highest BCUT2D eigenvalue weighted by molar-refractivity contribution is 14.1. The summed E-state index contributed by atoms with van der Waals surface area (Å²) in [7, 11) is 0. The molecule has 0 aliphatic heterocycles. The fourth-order valence-electron chi connectivity index (χ4n) is 2.62. The number of carbonyl (C=O) groups is 1. The number of thioether (sulfide) groups is 1. The topological polar surface area (TPSA) is 58.6 Å². The van der Waals surface area contributed by atoms with Gasteiger partial charge in [-0.1, -0.05) is 0 Å². The number of nitrogens with one attached hydrogen (secondary N) is 1. The van der Waals surface area contributed by atoms with E-state index in [-0.39, 0.29) is 28.0 Å². The van der Waals surface area contributed by atoms with Gasteiger partial charge in [0, 0.05) is 14.2 Å². The van der Waals surface area contributed by atoms with Gasteiger partial charge in [-0.05, 0) is 124 Å². The van der Waals surface area contributed by atoms with Gasteiger partial charge < -0.3 is 15.2 Å². The van der Waals surface area contributed by atoms with Crippen LogP contribution in [-0.4, -0.2) is 16.5 Å². The van der Waals surface area contributed by atoms with Crippen molar-refractivity contribution in [3.8, 4) is 17.2 Å². The zero-order chi connectivity index (χ0) is 22.8. The number of anilines is 1. The molecular formula is C21H14F3I2NO3S. The number of aromatic hydroxyl groups is 1. The lowest BCUT2D eigenvalue weighted by atomic mass is 10.1. The highest BCUT2D eigenvalue weighted by Gasteiger charge is 2.29. The van der Waals surface area contributed by atoms with Gasteiger partial charge in [-0.2, -0.15) is 13.2 Å². The summed E-state index contributed by atoms with van der Waals surface area (Å²) < 4.78 is 44.4. The van der Waals surface area contributed by atoms with Gasteiger partial charge >= 0.3 is 5.51 Å². The van der Waals surface area contributed by atoms with Crippen LogP contribution in [0.15, 0.2) is 59.5 Å². The Morgan fingerprint density at radius 3 is 2.35 bits per heavy atom. The number of alkyl halides is 3. The van der Waals surface area contributed by atoms with E-state index in [4.69, 9.17) is 4.74 Å². The minimum absolute atomic E-state index is 0.0723.